The molecule has 3 aliphatic rings. The molecule has 216 valence electrons. The number of rotatable bonds is 7. The fraction of sp³-hybridized carbons (Fsp3) is 0.731. The van der Waals surface area contributed by atoms with Crippen LogP contribution in [0.4, 0.5) is 0 Å². The van der Waals surface area contributed by atoms with Gasteiger partial charge in [0, 0.05) is 11.2 Å². The predicted molar refractivity (Wildman–Crippen MR) is 161 cm³/mol. The molecule has 4 heterocycles. The number of aromatic nitrogens is 4. The molecule has 2 aromatic heterocycles. The van der Waals surface area contributed by atoms with Crippen LogP contribution in [-0.2, 0) is 30.0 Å². The highest BCUT2D eigenvalue weighted by Crippen LogP contribution is 2.75. The molecule has 1 N–H and O–H groups in total. The van der Waals surface area contributed by atoms with E-state index in [9.17, 15) is 5.11 Å². The number of allylic oxidation sites excluding steroid dienone is 1. The Balaban J connectivity index is 1.34. The summed E-state index contributed by atoms with van der Waals surface area (Å²) < 4.78 is 28.3. The Kier molecular flexibility index (Phi) is 7.94. The van der Waals surface area contributed by atoms with Gasteiger partial charge in [0.2, 0.25) is 11.6 Å². The van der Waals surface area contributed by atoms with Gasteiger partial charge < -0.3 is 23.3 Å². The lowest BCUT2D eigenvalue weighted by Crippen LogP contribution is -2.46. The SMILES string of the molecule is C=C(C)[C@H]1CC[C@@]2(C)SP(=S)(OC[C@H]3O[C@@H](n4cnc5c(O)ncnc54)C[C@@H]3O[Si](C)(C)C(C)(C)C)O[C@@H]2C1. The van der Waals surface area contributed by atoms with Gasteiger partial charge in [-0.3, -0.25) is 4.57 Å². The van der Waals surface area contributed by atoms with Crippen LogP contribution in [0.3, 0.4) is 0 Å². The minimum absolute atomic E-state index is 0.0327. The molecule has 7 atom stereocenters. The number of fused-ring (bicyclic) bond motifs is 2. The van der Waals surface area contributed by atoms with Crippen molar-refractivity contribution in [3.8, 4) is 5.88 Å². The van der Waals surface area contributed by atoms with E-state index in [0.29, 0.717) is 30.1 Å². The van der Waals surface area contributed by atoms with Gasteiger partial charge in [0.25, 0.3) is 0 Å². The summed E-state index contributed by atoms with van der Waals surface area (Å²) in [6.45, 7) is 20.0. The maximum atomic E-state index is 10.1. The second-order valence-corrected chi connectivity index (χ2v) is 24.2. The second kappa shape index (κ2) is 10.5. The van der Waals surface area contributed by atoms with Gasteiger partial charge in [0.1, 0.15) is 18.7 Å². The van der Waals surface area contributed by atoms with E-state index < -0.39 is 14.0 Å². The molecule has 5 rings (SSSR count). The zero-order valence-electron chi connectivity index (χ0n) is 23.9. The first-order valence-corrected chi connectivity index (χ1v) is 20.6. The zero-order chi connectivity index (χ0) is 28.4. The molecule has 2 aromatic rings. The summed E-state index contributed by atoms with van der Waals surface area (Å²) in [4.78, 5) is 12.5. The molecule has 13 heteroatoms. The molecular formula is C26H41N4O5PS2Si. The third-order valence-corrected chi connectivity index (χ3v) is 19.3. The Morgan fingerprint density at radius 2 is 2.08 bits per heavy atom. The molecule has 0 spiro atoms. The summed E-state index contributed by atoms with van der Waals surface area (Å²) >= 11 is 7.77. The molecule has 1 unspecified atom stereocenters. The summed E-state index contributed by atoms with van der Waals surface area (Å²) in [6.07, 6.45) is 5.85. The first-order valence-electron chi connectivity index (χ1n) is 13.6. The number of hydrogen-bond acceptors (Lipinski definition) is 10. The first kappa shape index (κ1) is 29.6. The van der Waals surface area contributed by atoms with E-state index in [1.54, 1.807) is 17.7 Å². The number of ether oxygens (including phenoxy) is 1. The molecule has 2 aliphatic heterocycles. The van der Waals surface area contributed by atoms with Crippen LogP contribution < -0.4 is 0 Å². The van der Waals surface area contributed by atoms with Crippen molar-refractivity contribution in [3.63, 3.8) is 0 Å². The number of hydrogen-bond donors (Lipinski definition) is 1. The fourth-order valence-corrected chi connectivity index (χ4v) is 13.9. The highest BCUT2D eigenvalue weighted by atomic mass is 32.9. The Labute approximate surface area is 241 Å². The molecule has 0 bridgehead atoms. The smallest absolute Gasteiger partial charge is 0.248 e. The minimum atomic E-state index is -2.56. The monoisotopic (exact) mass is 612 g/mol. The molecule has 2 saturated heterocycles. The van der Waals surface area contributed by atoms with E-state index in [1.807, 2.05) is 4.57 Å². The number of aromatic hydroxyl groups is 1. The molecule has 0 radical (unpaired) electrons. The summed E-state index contributed by atoms with van der Waals surface area (Å²) in [6, 6.07) is 0. The Bertz CT molecular complexity index is 1300. The van der Waals surface area contributed by atoms with E-state index in [1.165, 1.54) is 11.9 Å². The van der Waals surface area contributed by atoms with Gasteiger partial charge in [-0.15, -0.1) is 0 Å². The van der Waals surface area contributed by atoms with Crippen molar-refractivity contribution in [3.05, 3.63) is 24.8 Å². The zero-order valence-corrected chi connectivity index (χ0v) is 27.4. The van der Waals surface area contributed by atoms with Crippen LogP contribution in [0.2, 0.25) is 18.1 Å². The van der Waals surface area contributed by atoms with Gasteiger partial charge in [0.05, 0.1) is 25.1 Å². The molecular weight excluding hydrogens is 572 g/mol. The van der Waals surface area contributed by atoms with Crippen molar-refractivity contribution >= 4 is 48.4 Å². The maximum absolute atomic E-state index is 10.1. The van der Waals surface area contributed by atoms with Crippen LogP contribution in [-0.4, -0.2) is 62.6 Å². The quantitative estimate of drug-likeness (QED) is 0.206. The van der Waals surface area contributed by atoms with Gasteiger partial charge in [-0.2, -0.15) is 4.98 Å². The van der Waals surface area contributed by atoms with E-state index in [0.717, 1.165) is 19.3 Å². The third-order valence-electron chi connectivity index (χ3n) is 8.92. The topological polar surface area (TPSA) is 101 Å². The molecule has 3 fully saturated rings. The van der Waals surface area contributed by atoms with Crippen molar-refractivity contribution in [2.45, 2.75) is 108 Å². The minimum Gasteiger partial charge on any atom is -0.492 e. The maximum Gasteiger partial charge on any atom is 0.248 e. The van der Waals surface area contributed by atoms with Gasteiger partial charge >= 0.3 is 0 Å². The second-order valence-electron chi connectivity index (χ2n) is 12.9. The van der Waals surface area contributed by atoms with Crippen LogP contribution >= 0.6 is 17.1 Å². The average Bonchev–Trinajstić information content (AvgIpc) is 3.49. The fourth-order valence-electron chi connectivity index (χ4n) is 5.36. The van der Waals surface area contributed by atoms with E-state index in [-0.39, 0.29) is 40.2 Å². The molecule has 0 amide bonds. The van der Waals surface area contributed by atoms with Crippen LogP contribution in [0.1, 0.15) is 66.5 Å². The lowest BCUT2D eigenvalue weighted by Gasteiger charge is -2.39. The number of imidazole rings is 1. The summed E-state index contributed by atoms with van der Waals surface area (Å²) in [7, 11) is -2.11. The lowest BCUT2D eigenvalue weighted by atomic mass is 9.77. The van der Waals surface area contributed by atoms with Gasteiger partial charge in [-0.25, -0.2) is 9.97 Å². The van der Waals surface area contributed by atoms with Crippen molar-refractivity contribution in [1.29, 1.82) is 0 Å². The van der Waals surface area contributed by atoms with Crippen LogP contribution in [0, 0.1) is 5.92 Å². The van der Waals surface area contributed by atoms with Gasteiger partial charge in [-0.05, 0) is 69.0 Å². The van der Waals surface area contributed by atoms with Crippen molar-refractivity contribution < 1.29 is 23.3 Å². The highest BCUT2D eigenvalue weighted by Gasteiger charge is 2.54. The van der Waals surface area contributed by atoms with Crippen LogP contribution in [0.25, 0.3) is 11.2 Å². The van der Waals surface area contributed by atoms with E-state index >= 15 is 0 Å². The normalized spacial score (nSPS) is 35.4. The van der Waals surface area contributed by atoms with E-state index in [4.69, 9.17) is 30.0 Å². The molecule has 9 nitrogen and oxygen atoms in total. The standard InChI is InChI=1S/C26H41N4O5PS2Si/c1-16(2)17-9-10-26(6)20(11-17)34-36(37,38-26)32-13-19-18(35-39(7,8)25(3,4)5)12-21(33-19)30-15-29-22-23(30)27-14-28-24(22)31/h14-15,17-21H,1,9-13H2,2-8H3,(H,27,28,31)/t17-,18-,19+,20+,21+,26+,36?/m0/s1. The largest absolute Gasteiger partial charge is 0.492 e. The molecule has 0 aromatic carbocycles. The Morgan fingerprint density at radius 3 is 2.77 bits per heavy atom. The number of nitrogens with zero attached hydrogens (tertiary/aromatic N) is 4. The van der Waals surface area contributed by atoms with Gasteiger partial charge in [-0.1, -0.05) is 44.3 Å². The Hall–Kier alpha value is -0.853. The van der Waals surface area contributed by atoms with E-state index in [2.05, 4.69) is 69.2 Å². The highest BCUT2D eigenvalue weighted by molar-refractivity contribution is 8.68. The summed E-state index contributed by atoms with van der Waals surface area (Å²) in [5.41, 5.74) is -0.482. The predicted octanol–water partition coefficient (Wildman–Crippen LogP) is 6.72. The first-order chi connectivity index (χ1) is 18.1. The summed E-state index contributed by atoms with van der Waals surface area (Å²) in [5.74, 6) is 0.322. The third kappa shape index (κ3) is 5.77. The van der Waals surface area contributed by atoms with Gasteiger partial charge in [0.15, 0.2) is 19.5 Å². The molecule has 1 saturated carbocycles. The lowest BCUT2D eigenvalue weighted by molar-refractivity contribution is -0.0367. The average molecular weight is 613 g/mol. The Morgan fingerprint density at radius 1 is 1.33 bits per heavy atom. The molecule has 39 heavy (non-hydrogen) atoms. The van der Waals surface area contributed by atoms with Crippen molar-refractivity contribution in [2.75, 3.05) is 6.61 Å². The van der Waals surface area contributed by atoms with Crippen LogP contribution in [0.5, 0.6) is 5.88 Å². The van der Waals surface area contributed by atoms with Crippen LogP contribution in [0.15, 0.2) is 24.8 Å². The van der Waals surface area contributed by atoms with Crippen molar-refractivity contribution in [1.82, 2.24) is 19.5 Å². The summed E-state index contributed by atoms with van der Waals surface area (Å²) in [5, 5.41) is 10.2. The molecule has 1 aliphatic carbocycles. The van der Waals surface area contributed by atoms with Crippen molar-refractivity contribution in [2.24, 2.45) is 5.92 Å².